The molecular weight excluding hydrogens is 312 g/mol. The number of amides is 1. The van der Waals surface area contributed by atoms with Crippen molar-refractivity contribution in [3.05, 3.63) is 57.0 Å². The van der Waals surface area contributed by atoms with Crippen molar-refractivity contribution in [1.29, 1.82) is 0 Å². The summed E-state index contributed by atoms with van der Waals surface area (Å²) in [6, 6.07) is 10.3. The molecule has 0 saturated heterocycles. The molecule has 0 aliphatic rings. The van der Waals surface area contributed by atoms with Crippen molar-refractivity contribution in [2.24, 2.45) is 4.99 Å². The first-order chi connectivity index (χ1) is 10.7. The summed E-state index contributed by atoms with van der Waals surface area (Å²) in [5, 5.41) is 1.99. The number of aryl methyl sites for hydroxylation is 2. The lowest BCUT2D eigenvalue weighted by Gasteiger charge is -1.99. The number of carbonyl (C=O) groups is 1. The number of rotatable bonds is 3. The van der Waals surface area contributed by atoms with Gasteiger partial charge in [0.2, 0.25) is 0 Å². The summed E-state index contributed by atoms with van der Waals surface area (Å²) in [7, 11) is 0. The van der Waals surface area contributed by atoms with Gasteiger partial charge in [0.25, 0.3) is 5.91 Å². The predicted octanol–water partition coefficient (Wildman–Crippen LogP) is 4.23. The summed E-state index contributed by atoms with van der Waals surface area (Å²) in [6.07, 6.45) is 3.34. The normalized spacial score (nSPS) is 12.5. The third kappa shape index (κ3) is 3.10. The van der Waals surface area contributed by atoms with Crippen LogP contribution in [0.1, 0.15) is 17.4 Å². The Kier molecular flexibility index (Phi) is 4.36. The van der Waals surface area contributed by atoms with E-state index < -0.39 is 0 Å². The van der Waals surface area contributed by atoms with Crippen LogP contribution >= 0.6 is 22.7 Å². The van der Waals surface area contributed by atoms with Gasteiger partial charge in [-0.05, 0) is 49.1 Å². The molecule has 0 radical (unpaired) electrons. The Labute approximate surface area is 136 Å². The van der Waals surface area contributed by atoms with Crippen molar-refractivity contribution in [3.8, 4) is 0 Å². The van der Waals surface area contributed by atoms with Crippen molar-refractivity contribution < 1.29 is 4.79 Å². The molecule has 0 spiro atoms. The van der Waals surface area contributed by atoms with Crippen LogP contribution in [0.2, 0.25) is 0 Å². The van der Waals surface area contributed by atoms with Gasteiger partial charge in [0.05, 0.1) is 10.2 Å². The highest BCUT2D eigenvalue weighted by molar-refractivity contribution is 7.16. The van der Waals surface area contributed by atoms with E-state index in [0.717, 1.165) is 26.4 Å². The highest BCUT2D eigenvalue weighted by Gasteiger charge is 2.05. The molecule has 0 bridgehead atoms. The second-order valence-electron chi connectivity index (χ2n) is 4.90. The first-order valence-electron chi connectivity index (χ1n) is 7.07. The van der Waals surface area contributed by atoms with Gasteiger partial charge in [-0.1, -0.05) is 23.5 Å². The number of fused-ring (bicyclic) bond motifs is 1. The Bertz CT molecular complexity index is 899. The molecule has 0 saturated carbocycles. The summed E-state index contributed by atoms with van der Waals surface area (Å²) >= 11 is 3.16. The fraction of sp³-hybridized carbons (Fsp3) is 0.176. The van der Waals surface area contributed by atoms with Crippen LogP contribution in [0.25, 0.3) is 16.3 Å². The number of benzene rings is 1. The Morgan fingerprint density at radius 2 is 2.23 bits per heavy atom. The molecule has 22 heavy (non-hydrogen) atoms. The third-order valence-corrected chi connectivity index (χ3v) is 5.17. The average Bonchev–Trinajstić information content (AvgIpc) is 3.11. The monoisotopic (exact) mass is 328 g/mol. The number of hydrogen-bond acceptors (Lipinski definition) is 3. The standard InChI is InChI=1S/C17H16N2OS2/c1-3-19-14-8-6-12(2)11-15(14)22-17(19)18-16(20)9-7-13-5-4-10-21-13/h4-11H,3H2,1-2H3/b9-7+,18-17?. The zero-order valence-corrected chi connectivity index (χ0v) is 14.1. The molecule has 0 N–H and O–H groups in total. The minimum atomic E-state index is -0.223. The van der Waals surface area contributed by atoms with Gasteiger partial charge in [-0.2, -0.15) is 4.99 Å². The molecule has 3 nitrogen and oxygen atoms in total. The number of aromatic nitrogens is 1. The highest BCUT2D eigenvalue weighted by Crippen LogP contribution is 2.18. The number of nitrogens with zero attached hydrogens (tertiary/aromatic N) is 2. The van der Waals surface area contributed by atoms with Crippen LogP contribution in [0, 0.1) is 6.92 Å². The lowest BCUT2D eigenvalue weighted by Crippen LogP contribution is -2.15. The molecule has 0 atom stereocenters. The molecular formula is C17H16N2OS2. The maximum Gasteiger partial charge on any atom is 0.272 e. The smallest absolute Gasteiger partial charge is 0.272 e. The van der Waals surface area contributed by atoms with E-state index >= 15 is 0 Å². The summed E-state index contributed by atoms with van der Waals surface area (Å²) < 4.78 is 3.24. The summed E-state index contributed by atoms with van der Waals surface area (Å²) in [5.41, 5.74) is 2.35. The van der Waals surface area contributed by atoms with Crippen LogP contribution in [-0.4, -0.2) is 10.5 Å². The molecule has 5 heteroatoms. The van der Waals surface area contributed by atoms with Gasteiger partial charge in [0.1, 0.15) is 0 Å². The average molecular weight is 328 g/mol. The van der Waals surface area contributed by atoms with Gasteiger partial charge in [-0.15, -0.1) is 11.3 Å². The van der Waals surface area contributed by atoms with Crippen LogP contribution in [0.3, 0.4) is 0 Å². The van der Waals surface area contributed by atoms with Gasteiger partial charge < -0.3 is 4.57 Å². The molecule has 3 rings (SSSR count). The Morgan fingerprint density at radius 1 is 1.36 bits per heavy atom. The lowest BCUT2D eigenvalue weighted by atomic mass is 10.2. The minimum Gasteiger partial charge on any atom is -0.317 e. The van der Waals surface area contributed by atoms with Crippen molar-refractivity contribution in [2.45, 2.75) is 20.4 Å². The molecule has 0 unspecified atom stereocenters. The van der Waals surface area contributed by atoms with E-state index in [0.29, 0.717) is 0 Å². The molecule has 0 fully saturated rings. The third-order valence-electron chi connectivity index (χ3n) is 3.29. The van der Waals surface area contributed by atoms with Gasteiger partial charge >= 0.3 is 0 Å². The number of thiazole rings is 1. The Morgan fingerprint density at radius 3 is 2.95 bits per heavy atom. The molecule has 3 aromatic rings. The van der Waals surface area contributed by atoms with E-state index in [-0.39, 0.29) is 5.91 Å². The molecule has 1 amide bonds. The molecule has 2 aromatic heterocycles. The fourth-order valence-corrected chi connectivity index (χ4v) is 4.06. The number of carbonyl (C=O) groups excluding carboxylic acids is 1. The molecule has 0 aliphatic heterocycles. The van der Waals surface area contributed by atoms with Crippen molar-refractivity contribution in [2.75, 3.05) is 0 Å². The van der Waals surface area contributed by atoms with E-state index in [1.54, 1.807) is 22.7 Å². The second-order valence-corrected chi connectivity index (χ2v) is 6.89. The molecule has 112 valence electrons. The topological polar surface area (TPSA) is 34.4 Å². The summed E-state index contributed by atoms with van der Waals surface area (Å²) in [4.78, 5) is 18.1. The van der Waals surface area contributed by atoms with E-state index in [1.165, 1.54) is 11.6 Å². The summed E-state index contributed by atoms with van der Waals surface area (Å²) in [6.45, 7) is 4.93. The maximum absolute atomic E-state index is 12.1. The first kappa shape index (κ1) is 14.9. The van der Waals surface area contributed by atoms with Crippen LogP contribution in [0.15, 0.2) is 46.8 Å². The first-order valence-corrected chi connectivity index (χ1v) is 8.77. The molecule has 2 heterocycles. The van der Waals surface area contributed by atoms with E-state index in [1.807, 2.05) is 23.6 Å². The second kappa shape index (κ2) is 6.42. The van der Waals surface area contributed by atoms with Gasteiger partial charge in [-0.25, -0.2) is 0 Å². The van der Waals surface area contributed by atoms with Crippen molar-refractivity contribution in [1.82, 2.24) is 4.57 Å². The molecule has 1 aromatic carbocycles. The zero-order valence-electron chi connectivity index (χ0n) is 12.4. The Hall–Kier alpha value is -1.98. The Balaban J connectivity index is 1.99. The van der Waals surface area contributed by atoms with Crippen LogP contribution in [0.4, 0.5) is 0 Å². The summed E-state index contributed by atoms with van der Waals surface area (Å²) in [5.74, 6) is -0.223. The van der Waals surface area contributed by atoms with Crippen molar-refractivity contribution >= 4 is 44.9 Å². The van der Waals surface area contributed by atoms with Gasteiger partial charge in [0.15, 0.2) is 4.80 Å². The lowest BCUT2D eigenvalue weighted by molar-refractivity contribution is -0.113. The fourth-order valence-electron chi connectivity index (χ4n) is 2.24. The predicted molar refractivity (Wildman–Crippen MR) is 94.1 cm³/mol. The molecule has 0 aliphatic carbocycles. The van der Waals surface area contributed by atoms with Gasteiger partial charge in [-0.3, -0.25) is 4.79 Å². The van der Waals surface area contributed by atoms with Crippen LogP contribution in [0.5, 0.6) is 0 Å². The van der Waals surface area contributed by atoms with E-state index in [4.69, 9.17) is 0 Å². The van der Waals surface area contributed by atoms with E-state index in [9.17, 15) is 4.79 Å². The quantitative estimate of drug-likeness (QED) is 0.662. The number of thiophene rings is 1. The number of hydrogen-bond donors (Lipinski definition) is 0. The van der Waals surface area contributed by atoms with Gasteiger partial charge in [0, 0.05) is 17.5 Å². The van der Waals surface area contributed by atoms with Crippen LogP contribution in [-0.2, 0) is 11.3 Å². The zero-order chi connectivity index (χ0) is 15.5. The minimum absolute atomic E-state index is 0.223. The SMILES string of the molecule is CCn1c(=NC(=O)/C=C/c2cccs2)sc2cc(C)ccc21. The largest absolute Gasteiger partial charge is 0.317 e. The van der Waals surface area contributed by atoms with Crippen molar-refractivity contribution in [3.63, 3.8) is 0 Å². The maximum atomic E-state index is 12.1. The van der Waals surface area contributed by atoms with E-state index in [2.05, 4.69) is 41.6 Å². The highest BCUT2D eigenvalue weighted by atomic mass is 32.1. The van der Waals surface area contributed by atoms with Crippen LogP contribution < -0.4 is 4.80 Å².